The zero-order chi connectivity index (χ0) is 13.4. The van der Waals surface area contributed by atoms with Gasteiger partial charge in [-0.2, -0.15) is 0 Å². The van der Waals surface area contributed by atoms with Crippen LogP contribution < -0.4 is 5.32 Å². The van der Waals surface area contributed by atoms with Crippen molar-refractivity contribution in [2.75, 3.05) is 6.54 Å². The van der Waals surface area contributed by atoms with Gasteiger partial charge in [-0.05, 0) is 49.6 Å². The Balaban J connectivity index is 2.60. The van der Waals surface area contributed by atoms with Gasteiger partial charge in [0.1, 0.15) is 5.82 Å². The van der Waals surface area contributed by atoms with Gasteiger partial charge in [-0.25, -0.2) is 4.39 Å². The third kappa shape index (κ3) is 5.18. The fraction of sp³-hybridized carbons (Fsp3) is 0.625. The number of benzene rings is 1. The molecule has 1 aromatic rings. The van der Waals surface area contributed by atoms with Crippen molar-refractivity contribution in [3.63, 3.8) is 0 Å². The van der Waals surface area contributed by atoms with Crippen molar-refractivity contribution in [2.24, 2.45) is 0 Å². The topological polar surface area (TPSA) is 12.0 Å². The van der Waals surface area contributed by atoms with Gasteiger partial charge >= 0.3 is 0 Å². The van der Waals surface area contributed by atoms with E-state index in [4.69, 9.17) is 0 Å². The highest BCUT2D eigenvalue weighted by Crippen LogP contribution is 2.15. The highest BCUT2D eigenvalue weighted by atomic mass is 19.1. The van der Waals surface area contributed by atoms with Crippen LogP contribution in [0.3, 0.4) is 0 Å². The van der Waals surface area contributed by atoms with Crippen LogP contribution in [0.1, 0.15) is 50.7 Å². The molecule has 1 atom stereocenters. The molecule has 0 aromatic heterocycles. The quantitative estimate of drug-likeness (QED) is 0.682. The van der Waals surface area contributed by atoms with E-state index in [0.29, 0.717) is 6.04 Å². The van der Waals surface area contributed by atoms with Gasteiger partial charge in [0, 0.05) is 6.04 Å². The lowest BCUT2D eigenvalue weighted by molar-refractivity contribution is 0.465. The molecule has 0 aliphatic rings. The standard InChI is InChI=1S/C16H26FN/c1-4-6-7-8-16(18-5-2)12-14-11-15(17)10-9-13(14)3/h9-11,16,18H,4-8,12H2,1-3H3. The van der Waals surface area contributed by atoms with E-state index < -0.39 is 0 Å². The Kier molecular flexibility index (Phi) is 6.96. The predicted molar refractivity (Wildman–Crippen MR) is 76.4 cm³/mol. The molecular weight excluding hydrogens is 225 g/mol. The summed E-state index contributed by atoms with van der Waals surface area (Å²) < 4.78 is 13.3. The maximum absolute atomic E-state index is 13.3. The SMILES string of the molecule is CCCCCC(Cc1cc(F)ccc1C)NCC. The number of nitrogens with one attached hydrogen (secondary N) is 1. The van der Waals surface area contributed by atoms with Crippen LogP contribution in [0.15, 0.2) is 18.2 Å². The Morgan fingerprint density at radius 1 is 1.22 bits per heavy atom. The number of aryl methyl sites for hydroxylation is 1. The lowest BCUT2D eigenvalue weighted by atomic mass is 9.97. The molecule has 0 aliphatic carbocycles. The van der Waals surface area contributed by atoms with Crippen molar-refractivity contribution in [3.05, 3.63) is 35.1 Å². The average Bonchev–Trinajstić information content (AvgIpc) is 2.34. The molecule has 1 nitrogen and oxygen atoms in total. The normalized spacial score (nSPS) is 12.7. The third-order valence-corrected chi connectivity index (χ3v) is 3.43. The number of hydrogen-bond acceptors (Lipinski definition) is 1. The minimum atomic E-state index is -0.126. The van der Waals surface area contributed by atoms with E-state index in [2.05, 4.69) is 26.1 Å². The van der Waals surface area contributed by atoms with Gasteiger partial charge in [0.2, 0.25) is 0 Å². The molecule has 0 bridgehead atoms. The Morgan fingerprint density at radius 2 is 2.00 bits per heavy atom. The first-order chi connectivity index (χ1) is 8.67. The van der Waals surface area contributed by atoms with E-state index >= 15 is 0 Å². The van der Waals surface area contributed by atoms with E-state index in [1.165, 1.54) is 37.3 Å². The van der Waals surface area contributed by atoms with Gasteiger partial charge in [0.05, 0.1) is 0 Å². The summed E-state index contributed by atoms with van der Waals surface area (Å²) in [7, 11) is 0. The van der Waals surface area contributed by atoms with Crippen molar-refractivity contribution < 1.29 is 4.39 Å². The van der Waals surface area contributed by atoms with E-state index in [9.17, 15) is 4.39 Å². The number of rotatable bonds is 8. The van der Waals surface area contributed by atoms with Gasteiger partial charge < -0.3 is 5.32 Å². The predicted octanol–water partition coefficient (Wildman–Crippen LogP) is 4.24. The molecule has 0 amide bonds. The van der Waals surface area contributed by atoms with E-state index in [-0.39, 0.29) is 5.82 Å². The summed E-state index contributed by atoms with van der Waals surface area (Å²) in [5, 5.41) is 3.51. The van der Waals surface area contributed by atoms with Crippen molar-refractivity contribution in [1.82, 2.24) is 5.32 Å². The van der Waals surface area contributed by atoms with Gasteiger partial charge in [0.25, 0.3) is 0 Å². The highest BCUT2D eigenvalue weighted by molar-refractivity contribution is 5.27. The summed E-state index contributed by atoms with van der Waals surface area (Å²) in [6.07, 6.45) is 5.89. The lowest BCUT2D eigenvalue weighted by Crippen LogP contribution is -2.31. The fourth-order valence-electron chi connectivity index (χ4n) is 2.33. The number of halogens is 1. The first-order valence-electron chi connectivity index (χ1n) is 7.15. The zero-order valence-corrected chi connectivity index (χ0v) is 11.9. The molecule has 1 N–H and O–H groups in total. The van der Waals surface area contributed by atoms with Crippen LogP contribution >= 0.6 is 0 Å². The molecule has 102 valence electrons. The Labute approximate surface area is 111 Å². The second-order valence-corrected chi connectivity index (χ2v) is 5.03. The summed E-state index contributed by atoms with van der Waals surface area (Å²) in [5.74, 6) is -0.126. The molecule has 0 radical (unpaired) electrons. The molecule has 0 fully saturated rings. The van der Waals surface area contributed by atoms with Crippen LogP contribution in [0, 0.1) is 12.7 Å². The maximum Gasteiger partial charge on any atom is 0.123 e. The highest BCUT2D eigenvalue weighted by Gasteiger charge is 2.10. The Morgan fingerprint density at radius 3 is 2.67 bits per heavy atom. The summed E-state index contributed by atoms with van der Waals surface area (Å²) in [6, 6.07) is 5.57. The Hall–Kier alpha value is -0.890. The summed E-state index contributed by atoms with van der Waals surface area (Å²) in [4.78, 5) is 0. The summed E-state index contributed by atoms with van der Waals surface area (Å²) in [5.41, 5.74) is 2.33. The van der Waals surface area contributed by atoms with Crippen LogP contribution in [-0.2, 0) is 6.42 Å². The van der Waals surface area contributed by atoms with Gasteiger partial charge in [0.15, 0.2) is 0 Å². The van der Waals surface area contributed by atoms with Gasteiger partial charge in [-0.1, -0.05) is 39.2 Å². The monoisotopic (exact) mass is 251 g/mol. The largest absolute Gasteiger partial charge is 0.314 e. The Bertz CT molecular complexity index is 349. The molecule has 0 heterocycles. The van der Waals surface area contributed by atoms with Crippen molar-refractivity contribution in [2.45, 2.75) is 58.9 Å². The van der Waals surface area contributed by atoms with Gasteiger partial charge in [-0.15, -0.1) is 0 Å². The van der Waals surface area contributed by atoms with E-state index in [1.54, 1.807) is 6.07 Å². The zero-order valence-electron chi connectivity index (χ0n) is 11.9. The van der Waals surface area contributed by atoms with Gasteiger partial charge in [-0.3, -0.25) is 0 Å². The van der Waals surface area contributed by atoms with E-state index in [1.807, 2.05) is 6.07 Å². The second-order valence-electron chi connectivity index (χ2n) is 5.03. The van der Waals surface area contributed by atoms with Crippen molar-refractivity contribution in [1.29, 1.82) is 0 Å². The maximum atomic E-state index is 13.3. The molecule has 18 heavy (non-hydrogen) atoms. The molecule has 2 heteroatoms. The molecule has 0 saturated heterocycles. The van der Waals surface area contributed by atoms with Crippen molar-refractivity contribution in [3.8, 4) is 0 Å². The molecule has 0 spiro atoms. The lowest BCUT2D eigenvalue weighted by Gasteiger charge is -2.19. The fourth-order valence-corrected chi connectivity index (χ4v) is 2.33. The molecular formula is C16H26FN. The molecule has 0 saturated carbocycles. The third-order valence-electron chi connectivity index (χ3n) is 3.43. The van der Waals surface area contributed by atoms with Crippen LogP contribution in [0.25, 0.3) is 0 Å². The minimum Gasteiger partial charge on any atom is -0.314 e. The minimum absolute atomic E-state index is 0.126. The summed E-state index contributed by atoms with van der Waals surface area (Å²) in [6.45, 7) is 7.39. The van der Waals surface area contributed by atoms with Crippen LogP contribution in [-0.4, -0.2) is 12.6 Å². The average molecular weight is 251 g/mol. The number of hydrogen-bond donors (Lipinski definition) is 1. The van der Waals surface area contributed by atoms with Crippen LogP contribution in [0.5, 0.6) is 0 Å². The molecule has 1 rings (SSSR count). The first kappa shape index (κ1) is 15.2. The van der Waals surface area contributed by atoms with Crippen molar-refractivity contribution >= 4 is 0 Å². The second kappa shape index (κ2) is 8.25. The molecule has 1 unspecified atom stereocenters. The van der Waals surface area contributed by atoms with Crippen LogP contribution in [0.2, 0.25) is 0 Å². The van der Waals surface area contributed by atoms with E-state index in [0.717, 1.165) is 18.5 Å². The molecule has 1 aromatic carbocycles. The summed E-state index contributed by atoms with van der Waals surface area (Å²) >= 11 is 0. The molecule has 0 aliphatic heterocycles. The van der Waals surface area contributed by atoms with Crippen LogP contribution in [0.4, 0.5) is 4.39 Å². The smallest absolute Gasteiger partial charge is 0.123 e. The first-order valence-corrected chi connectivity index (χ1v) is 7.15. The number of likely N-dealkylation sites (N-methyl/N-ethyl adjacent to an activating group) is 1. The number of unbranched alkanes of at least 4 members (excludes halogenated alkanes) is 2.